The molecule has 0 spiro atoms. The Morgan fingerprint density at radius 2 is 0.714 bits per heavy atom. The van der Waals surface area contributed by atoms with E-state index in [9.17, 15) is 0 Å². The van der Waals surface area contributed by atoms with Crippen LogP contribution in [-0.2, 0) is 0 Å². The van der Waals surface area contributed by atoms with Gasteiger partial charge in [0.25, 0.3) is 0 Å². The molecule has 0 atom stereocenters. The molecule has 0 saturated heterocycles. The number of nitrogens with zero attached hydrogens (tertiary/aromatic N) is 2. The summed E-state index contributed by atoms with van der Waals surface area (Å²) in [6, 6.07) is 18.2. The molecule has 3 aromatic rings. The molecule has 2 heterocycles. The van der Waals surface area contributed by atoms with Gasteiger partial charge >= 0.3 is 0 Å². The van der Waals surface area contributed by atoms with E-state index in [1.165, 1.54) is 22.3 Å². The smallest absolute Gasteiger partial charge is 0.169 e. The Morgan fingerprint density at radius 1 is 0.464 bits per heavy atom. The number of benzene rings is 1. The zero-order chi connectivity index (χ0) is 19.9. The minimum atomic E-state index is 0.491. The molecule has 0 bridgehead atoms. The summed E-state index contributed by atoms with van der Waals surface area (Å²) in [6.45, 7) is 8.74. The van der Waals surface area contributed by atoms with Gasteiger partial charge in [0, 0.05) is 24.3 Å². The maximum atomic E-state index is 2.20. The maximum Gasteiger partial charge on any atom is 0.169 e. The normalized spacial score (nSPS) is 11.9. The first-order chi connectivity index (χ1) is 13.5. The van der Waals surface area contributed by atoms with E-state index in [2.05, 4.69) is 134 Å². The van der Waals surface area contributed by atoms with Gasteiger partial charge in [0.15, 0.2) is 36.9 Å². The Bertz CT molecular complexity index is 849. The summed E-state index contributed by atoms with van der Waals surface area (Å²) in [6.07, 6.45) is 17.1. The van der Waals surface area contributed by atoms with Crippen molar-refractivity contribution < 1.29 is 9.13 Å². The highest BCUT2D eigenvalue weighted by Gasteiger charge is 2.04. The largest absolute Gasteiger partial charge is 0.203 e. The molecular formula is C26H30N2+2. The molecule has 28 heavy (non-hydrogen) atoms. The zero-order valence-electron chi connectivity index (χ0n) is 17.3. The Kier molecular flexibility index (Phi) is 6.54. The molecule has 0 unspecified atom stereocenters. The van der Waals surface area contributed by atoms with Crippen molar-refractivity contribution >= 4 is 24.3 Å². The molecule has 0 aliphatic carbocycles. The van der Waals surface area contributed by atoms with E-state index in [1.807, 2.05) is 0 Å². The molecule has 3 rings (SSSR count). The van der Waals surface area contributed by atoms with Gasteiger partial charge in [0.05, 0.1) is 0 Å². The van der Waals surface area contributed by atoms with Crippen LogP contribution in [0, 0.1) is 0 Å². The molecular weight excluding hydrogens is 340 g/mol. The van der Waals surface area contributed by atoms with Gasteiger partial charge in [-0.15, -0.1) is 0 Å². The third-order valence-corrected chi connectivity index (χ3v) is 4.82. The van der Waals surface area contributed by atoms with E-state index in [-0.39, 0.29) is 0 Å². The van der Waals surface area contributed by atoms with Crippen molar-refractivity contribution in [3.05, 3.63) is 95.6 Å². The van der Waals surface area contributed by atoms with Gasteiger partial charge < -0.3 is 0 Å². The lowest BCUT2D eigenvalue weighted by Crippen LogP contribution is -2.34. The van der Waals surface area contributed by atoms with Gasteiger partial charge in [0.1, 0.15) is 0 Å². The first-order valence-electron chi connectivity index (χ1n) is 9.99. The van der Waals surface area contributed by atoms with Crippen molar-refractivity contribution in [1.82, 2.24) is 0 Å². The molecule has 0 aliphatic heterocycles. The Hall–Kier alpha value is -3.00. The van der Waals surface area contributed by atoms with Crippen LogP contribution in [0.2, 0.25) is 0 Å². The summed E-state index contributed by atoms with van der Waals surface area (Å²) < 4.78 is 4.40. The summed E-state index contributed by atoms with van der Waals surface area (Å²) in [7, 11) is 0. The molecule has 0 saturated carbocycles. The SMILES string of the molecule is CC(C)[n+]1ccc(/C=C/c2ccc(/C=C/c3cc[n+](C(C)C)cc3)cc2)cc1. The summed E-state index contributed by atoms with van der Waals surface area (Å²) >= 11 is 0. The summed E-state index contributed by atoms with van der Waals surface area (Å²) in [4.78, 5) is 0. The van der Waals surface area contributed by atoms with Crippen molar-refractivity contribution in [3.8, 4) is 0 Å². The summed E-state index contributed by atoms with van der Waals surface area (Å²) in [5.41, 5.74) is 4.83. The predicted molar refractivity (Wildman–Crippen MR) is 118 cm³/mol. The fraction of sp³-hybridized carbons (Fsp3) is 0.231. The summed E-state index contributed by atoms with van der Waals surface area (Å²) in [5, 5.41) is 0. The van der Waals surface area contributed by atoms with Crippen LogP contribution in [0.15, 0.2) is 73.3 Å². The fourth-order valence-corrected chi connectivity index (χ4v) is 2.91. The lowest BCUT2D eigenvalue weighted by molar-refractivity contribution is -0.716. The van der Waals surface area contributed by atoms with Crippen LogP contribution in [0.5, 0.6) is 0 Å². The quantitative estimate of drug-likeness (QED) is 0.487. The minimum Gasteiger partial charge on any atom is -0.203 e. The van der Waals surface area contributed by atoms with Crippen LogP contribution in [0.25, 0.3) is 24.3 Å². The highest BCUT2D eigenvalue weighted by atomic mass is 15.0. The molecule has 0 amide bonds. The van der Waals surface area contributed by atoms with Crippen LogP contribution in [0.4, 0.5) is 0 Å². The Morgan fingerprint density at radius 3 is 0.964 bits per heavy atom. The van der Waals surface area contributed by atoms with Gasteiger partial charge in [-0.2, -0.15) is 0 Å². The second-order valence-electron chi connectivity index (χ2n) is 7.68. The van der Waals surface area contributed by atoms with E-state index in [0.29, 0.717) is 12.1 Å². The first-order valence-corrected chi connectivity index (χ1v) is 9.99. The first kappa shape index (κ1) is 19.8. The van der Waals surface area contributed by atoms with Crippen molar-refractivity contribution in [1.29, 1.82) is 0 Å². The topological polar surface area (TPSA) is 7.76 Å². The van der Waals surface area contributed by atoms with Crippen LogP contribution in [0.3, 0.4) is 0 Å². The van der Waals surface area contributed by atoms with Gasteiger partial charge in [-0.1, -0.05) is 48.6 Å². The van der Waals surface area contributed by atoms with Crippen molar-refractivity contribution in [2.75, 3.05) is 0 Å². The van der Waals surface area contributed by atoms with E-state index >= 15 is 0 Å². The van der Waals surface area contributed by atoms with Gasteiger partial charge in [-0.05, 0) is 49.9 Å². The number of hydrogen-bond acceptors (Lipinski definition) is 0. The lowest BCUT2D eigenvalue weighted by Gasteiger charge is -2.00. The third-order valence-electron chi connectivity index (χ3n) is 4.82. The minimum absolute atomic E-state index is 0.491. The summed E-state index contributed by atoms with van der Waals surface area (Å²) in [5.74, 6) is 0. The predicted octanol–water partition coefficient (Wildman–Crippen LogP) is 5.76. The molecule has 0 aliphatic rings. The Balaban J connectivity index is 1.62. The molecule has 2 heteroatoms. The fourth-order valence-electron chi connectivity index (χ4n) is 2.91. The zero-order valence-corrected chi connectivity index (χ0v) is 17.3. The van der Waals surface area contributed by atoms with E-state index in [1.54, 1.807) is 0 Å². The van der Waals surface area contributed by atoms with Crippen molar-refractivity contribution in [3.63, 3.8) is 0 Å². The van der Waals surface area contributed by atoms with E-state index in [0.717, 1.165) is 0 Å². The molecule has 1 aromatic carbocycles. The number of hydrogen-bond donors (Lipinski definition) is 0. The van der Waals surface area contributed by atoms with Crippen molar-refractivity contribution in [2.24, 2.45) is 0 Å². The number of pyridine rings is 2. The van der Waals surface area contributed by atoms with Crippen LogP contribution < -0.4 is 9.13 Å². The molecule has 0 radical (unpaired) electrons. The Labute approximate surface area is 169 Å². The lowest BCUT2D eigenvalue weighted by atomic mass is 10.1. The van der Waals surface area contributed by atoms with Crippen LogP contribution in [0.1, 0.15) is 62.0 Å². The second-order valence-corrected chi connectivity index (χ2v) is 7.68. The van der Waals surface area contributed by atoms with Crippen molar-refractivity contribution in [2.45, 2.75) is 39.8 Å². The molecule has 0 fully saturated rings. The van der Waals surface area contributed by atoms with Crippen LogP contribution in [-0.4, -0.2) is 0 Å². The average molecular weight is 371 g/mol. The number of aromatic nitrogens is 2. The maximum absolute atomic E-state index is 2.20. The number of rotatable bonds is 6. The van der Waals surface area contributed by atoms with E-state index in [4.69, 9.17) is 0 Å². The average Bonchev–Trinajstić information content (AvgIpc) is 2.72. The third kappa shape index (κ3) is 5.50. The monoisotopic (exact) mass is 370 g/mol. The second kappa shape index (κ2) is 9.27. The highest BCUT2D eigenvalue weighted by molar-refractivity contribution is 5.72. The molecule has 2 aromatic heterocycles. The van der Waals surface area contributed by atoms with Gasteiger partial charge in [-0.3, -0.25) is 0 Å². The molecule has 2 nitrogen and oxygen atoms in total. The van der Waals surface area contributed by atoms with Gasteiger partial charge in [-0.25, -0.2) is 9.13 Å². The molecule has 0 N–H and O–H groups in total. The standard InChI is InChI=1S/C26H30N2/c1-21(2)27-17-13-25(14-18-27)11-9-23-5-7-24(8-6-23)10-12-26-15-19-28(20-16-26)22(3)4/h5-22H,1-4H3/q+2/b11-9+,12-10+. The van der Waals surface area contributed by atoms with Gasteiger partial charge in [0.2, 0.25) is 0 Å². The highest BCUT2D eigenvalue weighted by Crippen LogP contribution is 2.12. The molecule has 142 valence electrons. The van der Waals surface area contributed by atoms with E-state index < -0.39 is 0 Å². The van der Waals surface area contributed by atoms with Crippen LogP contribution >= 0.6 is 0 Å².